The molecule has 8 rings (SSSR count). The van der Waals surface area contributed by atoms with Crippen LogP contribution < -0.4 is 37.6 Å². The lowest BCUT2D eigenvalue weighted by atomic mass is 10.2. The summed E-state index contributed by atoms with van der Waals surface area (Å²) in [7, 11) is 0. The first-order valence-corrected chi connectivity index (χ1v) is 22.5. The number of imide groups is 3. The normalized spacial score (nSPS) is 15.4. The molecule has 422 valence electrons. The third kappa shape index (κ3) is 24.4. The van der Waals surface area contributed by atoms with Crippen molar-refractivity contribution < 1.29 is 83.4 Å². The Morgan fingerprint density at radius 2 is 0.911 bits per heavy atom. The summed E-state index contributed by atoms with van der Waals surface area (Å²) in [5.41, 5.74) is 9.44. The number of nitrogens with two attached hydrogens (primary N) is 1. The fraction of sp³-hybridized carbons (Fsp3) is 0.212. The van der Waals surface area contributed by atoms with Crippen LogP contribution in [0.1, 0.15) is 42.7 Å². The average Bonchev–Trinajstić information content (AvgIpc) is 3.93. The summed E-state index contributed by atoms with van der Waals surface area (Å²) in [6.07, 6.45) is -6.22. The molecule has 27 heteroatoms. The lowest BCUT2D eigenvalue weighted by Gasteiger charge is -2.22. The number of hydrogen-bond acceptors (Lipinski definition) is 15. The molecule has 3 aliphatic heterocycles. The fourth-order valence-corrected chi connectivity index (χ4v) is 6.18. The highest BCUT2D eigenvalue weighted by molar-refractivity contribution is 6.19. The van der Waals surface area contributed by atoms with Gasteiger partial charge in [0.1, 0.15) is 0 Å². The maximum absolute atomic E-state index is 12.1. The summed E-state index contributed by atoms with van der Waals surface area (Å²) in [5.74, 6) is -4.88. The van der Waals surface area contributed by atoms with Crippen LogP contribution in [0.5, 0.6) is 0 Å². The second-order valence-electron chi connectivity index (χ2n) is 15.5. The standard InChI is InChI=1S/C18H18N4O3.2C10H10N2O3.C8H10N2O.C2H4O4.C2H2O3.2CH4/c23-16-15(20-17(24)19-11-13-7-3-1-4-8-13)22(18(25)21-16)12-14-9-5-2-6-10-14;2*13-8-9(14)12(10(15)11-8)6-7-4-2-1-3-5-7;9-8(11)10-6-7-4-2-1-3-5-7;3-1(4)2(5)6;3-1-2(4)5;;/h1-10,15H,11-12H2,(H2,19,20,24)(H,21,23,25);1-5,9,14H,6H2,(H,11,13,15);1-5,8,13H,6H2,(H,11,15);1-5H,6H2,(H3,9,10,11);1,3-4H,(H,5,6);1H,(H,4,5);2*1H4. The van der Waals surface area contributed by atoms with Crippen molar-refractivity contribution in [3.63, 3.8) is 0 Å². The van der Waals surface area contributed by atoms with Crippen LogP contribution in [0, 0.1) is 0 Å². The van der Waals surface area contributed by atoms with E-state index in [4.69, 9.17) is 40.9 Å². The van der Waals surface area contributed by atoms with Crippen molar-refractivity contribution >= 4 is 66.1 Å². The zero-order chi connectivity index (χ0) is 56.9. The Bertz CT molecular complexity index is 2760. The number of urea groups is 5. The van der Waals surface area contributed by atoms with Crippen LogP contribution in [0.2, 0.25) is 0 Å². The predicted molar refractivity (Wildman–Crippen MR) is 280 cm³/mol. The molecule has 0 bridgehead atoms. The molecule has 0 saturated carbocycles. The molecule has 0 aromatic heterocycles. The SMILES string of the molecule is C.C.NC(=O)NCc1ccccc1.O=C(NCc1ccccc1)NC1C(=O)NC(=O)N1Cc1ccccc1.O=C(O)C(O)O.O=C1NC(=O)N(Cc2ccccc2)C1O.O=C1NC(O)C(=O)N1Cc1ccccc1.O=CC(=O)O. The molecular weight excluding hydrogens is 1040 g/mol. The molecule has 3 unspecified atom stereocenters. The Labute approximate surface area is 452 Å². The van der Waals surface area contributed by atoms with E-state index in [1.54, 1.807) is 0 Å². The van der Waals surface area contributed by atoms with E-state index >= 15 is 0 Å². The predicted octanol–water partition coefficient (Wildman–Crippen LogP) is 1.46. The first-order valence-electron chi connectivity index (χ1n) is 22.5. The number of rotatable bonds is 13. The summed E-state index contributed by atoms with van der Waals surface area (Å²) in [4.78, 5) is 122. The van der Waals surface area contributed by atoms with E-state index in [1.165, 1.54) is 4.90 Å². The Morgan fingerprint density at radius 3 is 1.25 bits per heavy atom. The summed E-state index contributed by atoms with van der Waals surface area (Å²) in [6, 6.07) is 43.9. The minimum atomic E-state index is -2.23. The number of aliphatic hydroxyl groups is 4. The maximum atomic E-state index is 12.1. The van der Waals surface area contributed by atoms with Gasteiger partial charge < -0.3 is 57.6 Å². The summed E-state index contributed by atoms with van der Waals surface area (Å²) in [6.45, 7) is 1.45. The lowest BCUT2D eigenvalue weighted by molar-refractivity contribution is -0.165. The number of aldehydes is 1. The number of hydrogen-bond donors (Lipinski definition) is 13. The van der Waals surface area contributed by atoms with Crippen LogP contribution >= 0.6 is 0 Å². The summed E-state index contributed by atoms with van der Waals surface area (Å²) < 4.78 is 0. The van der Waals surface area contributed by atoms with Crippen molar-refractivity contribution in [2.75, 3.05) is 0 Å². The third-order valence-corrected chi connectivity index (χ3v) is 9.85. The number of carbonyl (C=O) groups excluding carboxylic acids is 9. The van der Waals surface area contributed by atoms with Crippen molar-refractivity contribution in [2.45, 2.75) is 72.5 Å². The second-order valence-corrected chi connectivity index (χ2v) is 15.5. The number of carboxylic acid groups (broad SMARTS) is 2. The van der Waals surface area contributed by atoms with E-state index in [1.807, 2.05) is 157 Å². The first-order chi connectivity index (χ1) is 36.7. The smallest absolute Gasteiger partial charge is 0.368 e. The molecule has 3 atom stereocenters. The first kappa shape index (κ1) is 66.9. The Hall–Kier alpha value is -10.1. The number of aliphatic carboxylic acids is 2. The highest BCUT2D eigenvalue weighted by Gasteiger charge is 2.40. The number of amides is 13. The molecule has 14 N–H and O–H groups in total. The van der Waals surface area contributed by atoms with E-state index in [9.17, 15) is 48.3 Å². The molecule has 13 amide bonds. The van der Waals surface area contributed by atoms with Gasteiger partial charge in [0, 0.05) is 19.6 Å². The van der Waals surface area contributed by atoms with E-state index in [2.05, 4.69) is 26.6 Å². The molecule has 5 aromatic carbocycles. The van der Waals surface area contributed by atoms with Gasteiger partial charge in [-0.1, -0.05) is 167 Å². The number of carboxylic acids is 2. The van der Waals surface area contributed by atoms with E-state index in [0.717, 1.165) is 37.6 Å². The highest BCUT2D eigenvalue weighted by Crippen LogP contribution is 2.14. The van der Waals surface area contributed by atoms with Crippen LogP contribution in [0.3, 0.4) is 0 Å². The van der Waals surface area contributed by atoms with Crippen molar-refractivity contribution in [1.82, 2.24) is 46.6 Å². The van der Waals surface area contributed by atoms with Gasteiger partial charge in [0.05, 0.1) is 13.1 Å². The topological polar surface area (TPSA) is 417 Å². The summed E-state index contributed by atoms with van der Waals surface area (Å²) >= 11 is 0. The van der Waals surface area contributed by atoms with Crippen LogP contribution in [-0.4, -0.2) is 136 Å². The molecule has 3 fully saturated rings. The van der Waals surface area contributed by atoms with Gasteiger partial charge in [0.25, 0.3) is 24.0 Å². The zero-order valence-electron chi connectivity index (χ0n) is 40.4. The largest absolute Gasteiger partial charge is 0.477 e. The van der Waals surface area contributed by atoms with E-state index < -0.39 is 84.7 Å². The molecule has 0 spiro atoms. The van der Waals surface area contributed by atoms with Crippen molar-refractivity contribution in [1.29, 1.82) is 0 Å². The monoisotopic (exact) mass is 1100 g/mol. The van der Waals surface area contributed by atoms with Gasteiger partial charge in [-0.3, -0.25) is 44.5 Å². The fourth-order valence-electron chi connectivity index (χ4n) is 6.18. The molecule has 0 radical (unpaired) electrons. The van der Waals surface area contributed by atoms with Gasteiger partial charge in [0.2, 0.25) is 18.7 Å². The van der Waals surface area contributed by atoms with Crippen LogP contribution in [0.4, 0.5) is 24.0 Å². The Kier molecular flexibility index (Phi) is 29.8. The highest BCUT2D eigenvalue weighted by atomic mass is 16.5. The minimum Gasteiger partial charge on any atom is -0.477 e. The molecule has 3 aliphatic rings. The third-order valence-electron chi connectivity index (χ3n) is 9.85. The van der Waals surface area contributed by atoms with Crippen LogP contribution in [-0.2, 0) is 61.5 Å². The molecule has 3 saturated heterocycles. The molecule has 79 heavy (non-hydrogen) atoms. The minimum absolute atomic E-state index is 0. The number of carbonyl (C=O) groups is 11. The van der Waals surface area contributed by atoms with Crippen LogP contribution in [0.15, 0.2) is 152 Å². The van der Waals surface area contributed by atoms with Crippen LogP contribution in [0.25, 0.3) is 0 Å². The molecular formula is C52H62N10O17. The maximum Gasteiger partial charge on any atom is 0.368 e. The van der Waals surface area contributed by atoms with Gasteiger partial charge in [-0.05, 0) is 27.8 Å². The van der Waals surface area contributed by atoms with Gasteiger partial charge in [0.15, 0.2) is 6.17 Å². The second kappa shape index (κ2) is 35.2. The molecule has 5 aromatic rings. The number of nitrogens with one attached hydrogen (secondary N) is 6. The van der Waals surface area contributed by atoms with E-state index in [0.29, 0.717) is 13.1 Å². The molecule has 3 heterocycles. The number of benzene rings is 5. The molecule has 0 aliphatic carbocycles. The summed E-state index contributed by atoms with van der Waals surface area (Å²) in [5, 5.41) is 62.6. The van der Waals surface area contributed by atoms with Gasteiger partial charge >= 0.3 is 42.1 Å². The van der Waals surface area contributed by atoms with Gasteiger partial charge in [-0.15, -0.1) is 0 Å². The molecule has 27 nitrogen and oxygen atoms in total. The quantitative estimate of drug-likeness (QED) is 0.0343. The Morgan fingerprint density at radius 1 is 0.557 bits per heavy atom. The van der Waals surface area contributed by atoms with Crippen molar-refractivity contribution in [3.8, 4) is 0 Å². The lowest BCUT2D eigenvalue weighted by Crippen LogP contribution is -2.51. The van der Waals surface area contributed by atoms with Gasteiger partial charge in [-0.2, -0.15) is 0 Å². The number of primary amides is 1. The van der Waals surface area contributed by atoms with Crippen molar-refractivity contribution in [3.05, 3.63) is 179 Å². The Balaban J connectivity index is 0.000000507. The van der Waals surface area contributed by atoms with E-state index in [-0.39, 0.29) is 40.8 Å². The zero-order valence-corrected chi connectivity index (χ0v) is 40.4. The average molecular weight is 1100 g/mol. The number of nitrogens with zero attached hydrogens (tertiary/aromatic N) is 3. The van der Waals surface area contributed by atoms with Gasteiger partial charge in [-0.25, -0.2) is 33.6 Å². The van der Waals surface area contributed by atoms with Crippen molar-refractivity contribution in [2.24, 2.45) is 5.73 Å². The number of aliphatic hydroxyl groups excluding tert-OH is 3.